The van der Waals surface area contributed by atoms with Crippen molar-refractivity contribution in [2.45, 2.75) is 22.9 Å². The summed E-state index contributed by atoms with van der Waals surface area (Å²) in [5.74, 6) is 2.53. The van der Waals surface area contributed by atoms with Crippen molar-refractivity contribution in [2.24, 2.45) is 0 Å². The molecule has 2 aliphatic heterocycles. The molecule has 9 nitrogen and oxygen atoms in total. The number of rotatable bonds is 9. The Labute approximate surface area is 245 Å². The third-order valence-corrected chi connectivity index (χ3v) is 8.19. The van der Waals surface area contributed by atoms with Crippen molar-refractivity contribution in [1.29, 1.82) is 0 Å². The lowest BCUT2D eigenvalue weighted by Gasteiger charge is -2.13. The third-order valence-electron chi connectivity index (χ3n) is 7.08. The van der Waals surface area contributed by atoms with E-state index in [9.17, 15) is 9.90 Å². The summed E-state index contributed by atoms with van der Waals surface area (Å²) in [7, 11) is 1.57. The van der Waals surface area contributed by atoms with Crippen molar-refractivity contribution in [2.75, 3.05) is 20.7 Å². The largest absolute Gasteiger partial charge is 0.493 e. The zero-order valence-electron chi connectivity index (χ0n) is 22.5. The van der Waals surface area contributed by atoms with Crippen molar-refractivity contribution in [1.82, 2.24) is 4.57 Å². The fourth-order valence-electron chi connectivity index (χ4n) is 5.09. The highest BCUT2D eigenvalue weighted by Gasteiger charge is 2.27. The summed E-state index contributed by atoms with van der Waals surface area (Å²) in [6.45, 7) is 0.919. The maximum Gasteiger partial charge on any atom is 0.353 e. The van der Waals surface area contributed by atoms with Crippen LogP contribution >= 0.6 is 11.8 Å². The van der Waals surface area contributed by atoms with Gasteiger partial charge in [0.1, 0.15) is 12.3 Å². The molecule has 0 bridgehead atoms. The van der Waals surface area contributed by atoms with Crippen molar-refractivity contribution < 1.29 is 38.3 Å². The summed E-state index contributed by atoms with van der Waals surface area (Å²) in [6, 6.07) is 24.7. The van der Waals surface area contributed by atoms with Crippen LogP contribution in [-0.2, 0) is 13.2 Å². The lowest BCUT2D eigenvalue weighted by molar-refractivity contribution is 0.0682. The van der Waals surface area contributed by atoms with Crippen molar-refractivity contribution >= 4 is 28.6 Å². The summed E-state index contributed by atoms with van der Waals surface area (Å²) < 4.78 is 35.8. The van der Waals surface area contributed by atoms with E-state index >= 15 is 0 Å². The van der Waals surface area contributed by atoms with Crippen molar-refractivity contribution in [3.8, 4) is 34.5 Å². The lowest BCUT2D eigenvalue weighted by Crippen LogP contribution is -2.10. The molecule has 10 heteroatoms. The first-order chi connectivity index (χ1) is 20.6. The smallest absolute Gasteiger partial charge is 0.353 e. The Morgan fingerprint density at radius 1 is 0.833 bits per heavy atom. The van der Waals surface area contributed by atoms with E-state index in [1.54, 1.807) is 11.7 Å². The lowest BCUT2D eigenvalue weighted by atomic mass is 10.2. The SMILES string of the molecule is COc1cc2c(Sc3ccc4c(c3)OCO4)c(C(=O)O)n(Cc3ccc4c(c3)OCO4)c2cc1OCc1ccccc1. The predicted molar refractivity (Wildman–Crippen MR) is 155 cm³/mol. The maximum absolute atomic E-state index is 12.9. The van der Waals surface area contributed by atoms with Gasteiger partial charge in [-0.15, -0.1) is 0 Å². The van der Waals surface area contributed by atoms with E-state index in [0.29, 0.717) is 51.5 Å². The fourth-order valence-corrected chi connectivity index (χ4v) is 6.20. The number of carboxylic acids is 1. The summed E-state index contributed by atoms with van der Waals surface area (Å²) in [4.78, 5) is 14.3. The Hall–Kier alpha value is -4.96. The molecule has 5 aromatic rings. The normalized spacial score (nSPS) is 13.0. The van der Waals surface area contributed by atoms with E-state index in [1.165, 1.54) is 11.8 Å². The van der Waals surface area contributed by atoms with Crippen molar-refractivity contribution in [3.05, 3.63) is 95.7 Å². The zero-order chi connectivity index (χ0) is 28.6. The van der Waals surface area contributed by atoms with Crippen LogP contribution < -0.4 is 28.4 Å². The van der Waals surface area contributed by atoms with Gasteiger partial charge in [0, 0.05) is 22.9 Å². The van der Waals surface area contributed by atoms with Crippen LogP contribution in [0.25, 0.3) is 10.9 Å². The second kappa shape index (κ2) is 10.8. The van der Waals surface area contributed by atoms with Crippen LogP contribution in [0, 0.1) is 0 Å². The molecule has 42 heavy (non-hydrogen) atoms. The number of ether oxygens (including phenoxy) is 6. The van der Waals surface area contributed by atoms with Gasteiger partial charge in [-0.25, -0.2) is 4.79 Å². The predicted octanol–water partition coefficient (Wildman–Crippen LogP) is 6.58. The van der Waals surface area contributed by atoms with Gasteiger partial charge in [0.2, 0.25) is 13.6 Å². The summed E-state index contributed by atoms with van der Waals surface area (Å²) in [5.41, 5.74) is 2.70. The highest BCUT2D eigenvalue weighted by atomic mass is 32.2. The quantitative estimate of drug-likeness (QED) is 0.206. The van der Waals surface area contributed by atoms with E-state index in [4.69, 9.17) is 28.4 Å². The van der Waals surface area contributed by atoms with E-state index in [2.05, 4.69) is 0 Å². The molecule has 0 aliphatic carbocycles. The van der Waals surface area contributed by atoms with Gasteiger partial charge in [0.25, 0.3) is 0 Å². The van der Waals surface area contributed by atoms with Gasteiger partial charge >= 0.3 is 5.97 Å². The van der Waals surface area contributed by atoms with Crippen LogP contribution in [0.15, 0.2) is 88.7 Å². The Balaban J connectivity index is 1.36. The molecule has 0 saturated carbocycles. The van der Waals surface area contributed by atoms with Crippen LogP contribution in [0.1, 0.15) is 21.6 Å². The molecule has 1 N–H and O–H groups in total. The van der Waals surface area contributed by atoms with Gasteiger partial charge in [-0.1, -0.05) is 48.2 Å². The van der Waals surface area contributed by atoms with Gasteiger partial charge in [-0.05, 0) is 47.5 Å². The number of hydrogen-bond acceptors (Lipinski definition) is 8. The summed E-state index contributed by atoms with van der Waals surface area (Å²) in [5, 5.41) is 11.3. The number of benzene rings is 4. The first-order valence-corrected chi connectivity index (χ1v) is 14.0. The van der Waals surface area contributed by atoms with E-state index < -0.39 is 5.97 Å². The van der Waals surface area contributed by atoms with Crippen LogP contribution in [0.3, 0.4) is 0 Å². The summed E-state index contributed by atoms with van der Waals surface area (Å²) in [6.07, 6.45) is 0. The average molecular weight is 584 g/mol. The second-order valence-electron chi connectivity index (χ2n) is 9.67. The Kier molecular flexibility index (Phi) is 6.67. The standard InChI is InChI=1S/C32H25NO8S/c1-36-26-13-22-23(14-29(26)37-16-19-5-3-2-4-6-19)33(15-20-7-9-24-27(11-20)40-17-38-24)30(32(34)35)31(22)42-21-8-10-25-28(12-21)41-18-39-25/h2-14H,15-18H2,1H3,(H,34,35). The zero-order valence-corrected chi connectivity index (χ0v) is 23.3. The topological polar surface area (TPSA) is 97.6 Å². The van der Waals surface area contributed by atoms with Gasteiger partial charge in [0.05, 0.1) is 17.5 Å². The highest BCUT2D eigenvalue weighted by molar-refractivity contribution is 7.99. The van der Waals surface area contributed by atoms with Crippen LogP contribution in [-0.4, -0.2) is 36.3 Å². The third kappa shape index (κ3) is 4.79. The molecule has 0 radical (unpaired) electrons. The molecule has 7 rings (SSSR count). The van der Waals surface area contributed by atoms with Gasteiger partial charge < -0.3 is 38.1 Å². The van der Waals surface area contributed by atoms with Crippen LogP contribution in [0.2, 0.25) is 0 Å². The Morgan fingerprint density at radius 3 is 2.29 bits per heavy atom. The molecule has 0 spiro atoms. The number of aromatic carboxylic acids is 1. The Bertz CT molecular complexity index is 1820. The van der Waals surface area contributed by atoms with Crippen molar-refractivity contribution in [3.63, 3.8) is 0 Å². The van der Waals surface area contributed by atoms with Gasteiger partial charge in [-0.3, -0.25) is 0 Å². The number of methoxy groups -OCH3 is 1. The molecule has 0 atom stereocenters. The van der Waals surface area contributed by atoms with Crippen LogP contribution in [0.5, 0.6) is 34.5 Å². The number of hydrogen-bond donors (Lipinski definition) is 1. The van der Waals surface area contributed by atoms with Gasteiger partial charge in [-0.2, -0.15) is 0 Å². The number of aromatic nitrogens is 1. The molecule has 0 fully saturated rings. The maximum atomic E-state index is 12.9. The minimum Gasteiger partial charge on any atom is -0.493 e. The number of nitrogens with zero attached hydrogens (tertiary/aromatic N) is 1. The molecular weight excluding hydrogens is 558 g/mol. The Morgan fingerprint density at radius 2 is 1.55 bits per heavy atom. The van der Waals surface area contributed by atoms with Gasteiger partial charge in [0.15, 0.2) is 34.5 Å². The first kappa shape index (κ1) is 26.0. The second-order valence-corrected chi connectivity index (χ2v) is 10.8. The molecule has 1 aromatic heterocycles. The monoisotopic (exact) mass is 583 g/mol. The molecular formula is C32H25NO8S. The number of carbonyl (C=O) groups is 1. The molecule has 0 amide bonds. The van der Waals surface area contributed by atoms with E-state index in [1.807, 2.05) is 78.9 Å². The minimum atomic E-state index is -1.05. The molecule has 3 heterocycles. The molecule has 0 unspecified atom stereocenters. The average Bonchev–Trinajstić information content (AvgIpc) is 3.74. The number of fused-ring (bicyclic) bond motifs is 3. The summed E-state index contributed by atoms with van der Waals surface area (Å²) >= 11 is 1.35. The highest BCUT2D eigenvalue weighted by Crippen LogP contribution is 2.45. The first-order valence-electron chi connectivity index (χ1n) is 13.2. The molecule has 212 valence electrons. The number of carboxylic acid groups (broad SMARTS) is 1. The minimum absolute atomic E-state index is 0.146. The fraction of sp³-hybridized carbons (Fsp3) is 0.156. The molecule has 4 aromatic carbocycles. The van der Waals surface area contributed by atoms with Crippen LogP contribution in [0.4, 0.5) is 0 Å². The van der Waals surface area contributed by atoms with E-state index in [0.717, 1.165) is 21.4 Å². The molecule has 0 saturated heterocycles. The molecule has 2 aliphatic rings. The van der Waals surface area contributed by atoms with E-state index in [-0.39, 0.29) is 25.8 Å².